The highest BCUT2D eigenvalue weighted by atomic mass is 35.5. The summed E-state index contributed by atoms with van der Waals surface area (Å²) in [7, 11) is 0. The summed E-state index contributed by atoms with van der Waals surface area (Å²) in [5, 5.41) is 11.2. The minimum atomic E-state index is -0.233. The van der Waals surface area contributed by atoms with Crippen LogP contribution in [-0.4, -0.2) is 29.0 Å². The summed E-state index contributed by atoms with van der Waals surface area (Å²) in [6, 6.07) is 11.5. The Morgan fingerprint density at radius 2 is 1.97 bits per heavy atom. The molecule has 0 unspecified atom stereocenters. The predicted octanol–water partition coefficient (Wildman–Crippen LogP) is 4.62. The molecule has 1 saturated heterocycles. The van der Waals surface area contributed by atoms with Gasteiger partial charge in [0.25, 0.3) is 0 Å². The van der Waals surface area contributed by atoms with Crippen molar-refractivity contribution < 1.29 is 4.79 Å². The van der Waals surface area contributed by atoms with Crippen molar-refractivity contribution in [3.63, 3.8) is 0 Å². The van der Waals surface area contributed by atoms with Gasteiger partial charge in [0.05, 0.1) is 16.2 Å². The van der Waals surface area contributed by atoms with Crippen LogP contribution in [0.1, 0.15) is 24.3 Å². The average molecular weight is 408 g/mol. The second-order valence-electron chi connectivity index (χ2n) is 7.00. The van der Waals surface area contributed by atoms with Crippen molar-refractivity contribution in [2.75, 3.05) is 23.7 Å². The van der Waals surface area contributed by atoms with Crippen LogP contribution in [0.15, 0.2) is 55.4 Å². The van der Waals surface area contributed by atoms with Crippen LogP contribution in [-0.2, 0) is 4.79 Å². The van der Waals surface area contributed by atoms with Gasteiger partial charge >= 0.3 is 0 Å². The molecule has 1 fully saturated rings. The Morgan fingerprint density at radius 3 is 2.72 bits per heavy atom. The zero-order chi connectivity index (χ0) is 20.2. The van der Waals surface area contributed by atoms with Crippen LogP contribution in [0.5, 0.6) is 0 Å². The molecule has 1 amide bonds. The number of hydrogen-bond donors (Lipinski definition) is 3. The van der Waals surface area contributed by atoms with Crippen molar-refractivity contribution in [3.05, 3.63) is 66.0 Å². The van der Waals surface area contributed by atoms with Gasteiger partial charge in [0.15, 0.2) is 0 Å². The molecule has 2 aromatic carbocycles. The van der Waals surface area contributed by atoms with Gasteiger partial charge in [0.1, 0.15) is 12.1 Å². The lowest BCUT2D eigenvalue weighted by atomic mass is 9.88. The Morgan fingerprint density at radius 1 is 1.17 bits per heavy atom. The quantitative estimate of drug-likeness (QED) is 0.538. The molecule has 1 aliphatic rings. The van der Waals surface area contributed by atoms with E-state index in [1.54, 1.807) is 0 Å². The molecule has 0 bridgehead atoms. The number of halogens is 1. The lowest BCUT2D eigenvalue weighted by molar-refractivity contribution is -0.111. The smallest absolute Gasteiger partial charge is 0.247 e. The number of nitrogens with zero attached hydrogens (tertiary/aromatic N) is 2. The summed E-state index contributed by atoms with van der Waals surface area (Å²) < 4.78 is 0. The number of rotatable bonds is 5. The summed E-state index contributed by atoms with van der Waals surface area (Å²) in [5.74, 6) is 0.789. The summed E-state index contributed by atoms with van der Waals surface area (Å²) in [5.41, 5.74) is 3.39. The van der Waals surface area contributed by atoms with Crippen LogP contribution >= 0.6 is 11.6 Å². The summed E-state index contributed by atoms with van der Waals surface area (Å²) in [6.45, 7) is 5.46. The van der Waals surface area contributed by atoms with Crippen molar-refractivity contribution in [3.8, 4) is 0 Å². The predicted molar refractivity (Wildman–Crippen MR) is 118 cm³/mol. The van der Waals surface area contributed by atoms with E-state index in [-0.39, 0.29) is 5.91 Å². The minimum absolute atomic E-state index is 0.233. The molecule has 29 heavy (non-hydrogen) atoms. The van der Waals surface area contributed by atoms with Crippen LogP contribution in [0.25, 0.3) is 10.9 Å². The van der Waals surface area contributed by atoms with Crippen molar-refractivity contribution in [1.29, 1.82) is 0 Å². The summed E-state index contributed by atoms with van der Waals surface area (Å²) >= 11 is 6.31. The molecule has 0 saturated carbocycles. The van der Waals surface area contributed by atoms with Crippen LogP contribution in [0.3, 0.4) is 0 Å². The van der Waals surface area contributed by atoms with Gasteiger partial charge < -0.3 is 16.0 Å². The molecule has 3 aromatic rings. The van der Waals surface area contributed by atoms with E-state index in [1.807, 2.05) is 30.3 Å². The van der Waals surface area contributed by atoms with Gasteiger partial charge in [-0.1, -0.05) is 30.3 Å². The number of aromatic nitrogens is 2. The van der Waals surface area contributed by atoms with Gasteiger partial charge in [-0.2, -0.15) is 0 Å². The van der Waals surface area contributed by atoms with E-state index in [4.69, 9.17) is 11.6 Å². The second kappa shape index (κ2) is 8.59. The monoisotopic (exact) mass is 407 g/mol. The highest BCUT2D eigenvalue weighted by molar-refractivity contribution is 6.33. The van der Waals surface area contributed by atoms with E-state index in [2.05, 4.69) is 38.6 Å². The van der Waals surface area contributed by atoms with E-state index in [9.17, 15) is 4.79 Å². The van der Waals surface area contributed by atoms with E-state index in [0.717, 1.165) is 53.8 Å². The first kappa shape index (κ1) is 19.4. The van der Waals surface area contributed by atoms with E-state index in [1.165, 1.54) is 12.4 Å². The number of carbonyl (C=O) groups is 1. The Bertz CT molecular complexity index is 1060. The van der Waals surface area contributed by atoms with Gasteiger partial charge in [0.2, 0.25) is 5.91 Å². The highest BCUT2D eigenvalue weighted by Crippen LogP contribution is 2.36. The van der Waals surface area contributed by atoms with E-state index < -0.39 is 0 Å². The summed E-state index contributed by atoms with van der Waals surface area (Å²) in [6.07, 6.45) is 4.79. The number of para-hydroxylation sites is 1. The largest absolute Gasteiger partial charge is 0.338 e. The van der Waals surface area contributed by atoms with Crippen LogP contribution in [0.2, 0.25) is 5.02 Å². The first-order chi connectivity index (χ1) is 14.2. The third-order valence-corrected chi connectivity index (χ3v) is 5.49. The number of hydrogen-bond acceptors (Lipinski definition) is 5. The topological polar surface area (TPSA) is 78.9 Å². The normalized spacial score (nSPS) is 14.5. The Labute approximate surface area is 174 Å². The van der Waals surface area contributed by atoms with E-state index >= 15 is 0 Å². The van der Waals surface area contributed by atoms with Crippen molar-refractivity contribution in [1.82, 2.24) is 15.3 Å². The molecule has 2 heterocycles. The zero-order valence-electron chi connectivity index (χ0n) is 15.9. The maximum atomic E-state index is 12.0. The van der Waals surface area contributed by atoms with Gasteiger partial charge in [0, 0.05) is 11.1 Å². The Kier molecular flexibility index (Phi) is 5.74. The van der Waals surface area contributed by atoms with Crippen LogP contribution in [0.4, 0.5) is 17.2 Å². The van der Waals surface area contributed by atoms with Crippen molar-refractivity contribution >= 4 is 45.6 Å². The Hall–Kier alpha value is -2.96. The number of carbonyl (C=O) groups excluding carboxylic acids is 1. The number of amides is 1. The molecule has 0 atom stereocenters. The lowest BCUT2D eigenvalue weighted by Gasteiger charge is -2.25. The molecule has 148 valence electrons. The van der Waals surface area contributed by atoms with Crippen molar-refractivity contribution in [2.24, 2.45) is 0 Å². The molecular weight excluding hydrogens is 386 g/mol. The standard InChI is InChI=1S/C22H22ClN5O/c1-2-21(29)27-20-12-19-16(11-15(20)14-7-9-24-10-8-14)22(26-13-25-19)28-18-6-4-3-5-17(18)23/h2-6,11-14,24H,1,7-10H2,(H,27,29)(H,25,26,28). The summed E-state index contributed by atoms with van der Waals surface area (Å²) in [4.78, 5) is 20.8. The average Bonchev–Trinajstić information content (AvgIpc) is 2.75. The number of nitrogens with one attached hydrogen (secondary N) is 3. The first-order valence-electron chi connectivity index (χ1n) is 9.60. The van der Waals surface area contributed by atoms with E-state index in [0.29, 0.717) is 16.8 Å². The second-order valence-corrected chi connectivity index (χ2v) is 7.41. The number of fused-ring (bicyclic) bond motifs is 1. The van der Waals surface area contributed by atoms with Crippen molar-refractivity contribution in [2.45, 2.75) is 18.8 Å². The maximum absolute atomic E-state index is 12.0. The molecule has 3 N–H and O–H groups in total. The molecule has 0 aliphatic carbocycles. The third-order valence-electron chi connectivity index (χ3n) is 5.16. The molecule has 0 radical (unpaired) electrons. The molecule has 0 spiro atoms. The highest BCUT2D eigenvalue weighted by Gasteiger charge is 2.21. The van der Waals surface area contributed by atoms with Gasteiger partial charge in [-0.05, 0) is 67.8 Å². The molecule has 4 rings (SSSR count). The Balaban J connectivity index is 1.81. The molecular formula is C22H22ClN5O. The fourth-order valence-electron chi connectivity index (χ4n) is 3.67. The van der Waals surface area contributed by atoms with Gasteiger partial charge in [-0.25, -0.2) is 9.97 Å². The number of piperidine rings is 1. The minimum Gasteiger partial charge on any atom is -0.338 e. The number of anilines is 3. The molecule has 1 aliphatic heterocycles. The molecule has 7 heteroatoms. The fraction of sp³-hybridized carbons (Fsp3) is 0.227. The van der Waals surface area contributed by atoms with Gasteiger partial charge in [-0.15, -0.1) is 0 Å². The fourth-order valence-corrected chi connectivity index (χ4v) is 3.86. The zero-order valence-corrected chi connectivity index (χ0v) is 16.7. The number of benzene rings is 2. The first-order valence-corrected chi connectivity index (χ1v) is 9.98. The molecule has 1 aromatic heterocycles. The maximum Gasteiger partial charge on any atom is 0.247 e. The van der Waals surface area contributed by atoms with Crippen LogP contribution < -0.4 is 16.0 Å². The SMILES string of the molecule is C=CC(=O)Nc1cc2ncnc(Nc3ccccc3Cl)c2cc1C1CCNCC1. The third kappa shape index (κ3) is 4.23. The van der Waals surface area contributed by atoms with Crippen LogP contribution in [0, 0.1) is 0 Å². The van der Waals surface area contributed by atoms with Gasteiger partial charge in [-0.3, -0.25) is 4.79 Å². The molecule has 6 nitrogen and oxygen atoms in total. The lowest BCUT2D eigenvalue weighted by Crippen LogP contribution is -2.27.